The lowest BCUT2D eigenvalue weighted by Crippen LogP contribution is -2.40. The Morgan fingerprint density at radius 2 is 2.31 bits per heavy atom. The molecule has 1 fully saturated rings. The maximum absolute atomic E-state index is 12.6. The topological polar surface area (TPSA) is 36.4 Å². The van der Waals surface area contributed by atoms with E-state index in [4.69, 9.17) is 0 Å². The molecule has 0 saturated carbocycles. The number of anilines is 1. The van der Waals surface area contributed by atoms with Gasteiger partial charge in [0.2, 0.25) is 0 Å². The Kier molecular flexibility index (Phi) is 2.80. The van der Waals surface area contributed by atoms with Gasteiger partial charge >= 0.3 is 0 Å². The Morgan fingerprint density at radius 1 is 1.56 bits per heavy atom. The maximum Gasteiger partial charge on any atom is 0.268 e. The van der Waals surface area contributed by atoms with E-state index in [1.807, 2.05) is 6.92 Å². The molecule has 1 aliphatic heterocycles. The van der Waals surface area contributed by atoms with Crippen LogP contribution in [-0.4, -0.2) is 35.2 Å². The zero-order valence-electron chi connectivity index (χ0n) is 9.03. The molecule has 16 heavy (non-hydrogen) atoms. The highest BCUT2D eigenvalue weighted by molar-refractivity contribution is 5.52. The van der Waals surface area contributed by atoms with Crippen molar-refractivity contribution >= 4 is 5.69 Å². The number of aliphatic hydroxyl groups is 1. The normalized spacial score (nSPS) is 25.4. The molecule has 3 nitrogen and oxygen atoms in total. The minimum absolute atomic E-state index is 0.0183. The van der Waals surface area contributed by atoms with E-state index < -0.39 is 12.0 Å². The fourth-order valence-corrected chi connectivity index (χ4v) is 2.02. The molecule has 1 aliphatic rings. The zero-order chi connectivity index (χ0) is 11.8. The van der Waals surface area contributed by atoms with Gasteiger partial charge in [-0.15, -0.1) is 0 Å². The lowest BCUT2D eigenvalue weighted by molar-refractivity contribution is -0.0800. The van der Waals surface area contributed by atoms with E-state index in [-0.39, 0.29) is 13.0 Å². The predicted octanol–water partition coefficient (Wildman–Crippen LogP) is 1.60. The Bertz CT molecular complexity index is 386. The Morgan fingerprint density at radius 3 is 2.88 bits per heavy atom. The zero-order valence-corrected chi connectivity index (χ0v) is 9.03. The van der Waals surface area contributed by atoms with Crippen LogP contribution in [0.15, 0.2) is 18.5 Å². The second-order valence-corrected chi connectivity index (χ2v) is 4.24. The molecule has 2 heterocycles. The average molecular weight is 228 g/mol. The summed E-state index contributed by atoms with van der Waals surface area (Å²) in [6, 6.07) is 1.78. The number of hydrogen-bond donors (Lipinski definition) is 1. The van der Waals surface area contributed by atoms with Crippen molar-refractivity contribution in [3.05, 3.63) is 24.0 Å². The number of β-amino-alcohol motifs (C(OH)–C–C–N with tert-alkyl or cyclic N) is 1. The van der Waals surface area contributed by atoms with Gasteiger partial charge in [-0.3, -0.25) is 4.98 Å². The van der Waals surface area contributed by atoms with Crippen molar-refractivity contribution in [1.82, 2.24) is 4.98 Å². The molecule has 0 bridgehead atoms. The van der Waals surface area contributed by atoms with E-state index >= 15 is 0 Å². The number of aromatic nitrogens is 1. The number of hydrogen-bond acceptors (Lipinski definition) is 3. The van der Waals surface area contributed by atoms with Crippen LogP contribution in [0.4, 0.5) is 14.5 Å². The van der Waals surface area contributed by atoms with Gasteiger partial charge in [-0.25, -0.2) is 8.78 Å². The van der Waals surface area contributed by atoms with Gasteiger partial charge in [0.15, 0.2) is 0 Å². The first-order valence-electron chi connectivity index (χ1n) is 5.19. The molecule has 1 saturated heterocycles. The summed E-state index contributed by atoms with van der Waals surface area (Å²) in [4.78, 5) is 5.73. The van der Waals surface area contributed by atoms with E-state index in [0.29, 0.717) is 6.54 Å². The van der Waals surface area contributed by atoms with Crippen LogP contribution < -0.4 is 4.90 Å². The number of pyridine rings is 1. The van der Waals surface area contributed by atoms with Crippen LogP contribution in [0, 0.1) is 6.92 Å². The van der Waals surface area contributed by atoms with Crippen molar-refractivity contribution in [2.45, 2.75) is 25.4 Å². The molecule has 0 amide bonds. The van der Waals surface area contributed by atoms with E-state index in [9.17, 15) is 13.9 Å². The average Bonchev–Trinajstić information content (AvgIpc) is 2.63. The Hall–Kier alpha value is -1.23. The summed E-state index contributed by atoms with van der Waals surface area (Å²) in [7, 11) is 0. The first-order valence-corrected chi connectivity index (χ1v) is 5.19. The van der Waals surface area contributed by atoms with Gasteiger partial charge in [0, 0.05) is 31.0 Å². The van der Waals surface area contributed by atoms with Crippen LogP contribution in [0.2, 0.25) is 0 Å². The smallest absolute Gasteiger partial charge is 0.268 e. The van der Waals surface area contributed by atoms with Crippen LogP contribution >= 0.6 is 0 Å². The van der Waals surface area contributed by atoms with Crippen LogP contribution in [0.5, 0.6) is 0 Å². The van der Waals surface area contributed by atoms with E-state index in [1.54, 1.807) is 23.4 Å². The van der Waals surface area contributed by atoms with Crippen molar-refractivity contribution in [1.29, 1.82) is 0 Å². The number of rotatable bonds is 2. The SMILES string of the molecule is Cc1cnccc1N1CCC(O)(C(F)F)C1. The molecule has 0 spiro atoms. The minimum Gasteiger partial charge on any atom is -0.382 e. The van der Waals surface area contributed by atoms with Gasteiger partial charge in [0.25, 0.3) is 6.43 Å². The second kappa shape index (κ2) is 3.97. The van der Waals surface area contributed by atoms with Gasteiger partial charge in [0.05, 0.1) is 6.54 Å². The first kappa shape index (κ1) is 11.3. The summed E-state index contributed by atoms with van der Waals surface area (Å²) in [5, 5.41) is 9.68. The van der Waals surface area contributed by atoms with E-state index in [2.05, 4.69) is 4.98 Å². The standard InChI is InChI=1S/C11H14F2N2O/c1-8-6-14-4-2-9(8)15-5-3-11(16,7-15)10(12)13/h2,4,6,10,16H,3,5,7H2,1H3. The molecule has 1 aromatic heterocycles. The summed E-state index contributed by atoms with van der Waals surface area (Å²) < 4.78 is 25.2. The molecule has 1 unspecified atom stereocenters. The monoisotopic (exact) mass is 228 g/mol. The summed E-state index contributed by atoms with van der Waals surface area (Å²) in [5.74, 6) is 0. The molecular weight excluding hydrogens is 214 g/mol. The first-order chi connectivity index (χ1) is 7.53. The van der Waals surface area contributed by atoms with E-state index in [1.165, 1.54) is 0 Å². The Balaban J connectivity index is 2.18. The predicted molar refractivity (Wildman–Crippen MR) is 56.8 cm³/mol. The second-order valence-electron chi connectivity index (χ2n) is 4.24. The van der Waals surface area contributed by atoms with Crippen molar-refractivity contribution in [3.8, 4) is 0 Å². The van der Waals surface area contributed by atoms with Crippen LogP contribution in [0.1, 0.15) is 12.0 Å². The number of alkyl halides is 2. The lowest BCUT2D eigenvalue weighted by atomic mass is 10.1. The molecule has 0 aliphatic carbocycles. The van der Waals surface area contributed by atoms with E-state index in [0.717, 1.165) is 11.3 Å². The fourth-order valence-electron chi connectivity index (χ4n) is 2.02. The molecule has 1 atom stereocenters. The quantitative estimate of drug-likeness (QED) is 0.835. The molecule has 2 rings (SSSR count). The van der Waals surface area contributed by atoms with Gasteiger partial charge in [-0.1, -0.05) is 0 Å². The van der Waals surface area contributed by atoms with Crippen LogP contribution in [0.3, 0.4) is 0 Å². The third-order valence-electron chi connectivity index (χ3n) is 3.02. The molecule has 5 heteroatoms. The molecule has 1 aromatic rings. The van der Waals surface area contributed by atoms with Gasteiger partial charge in [0.1, 0.15) is 5.60 Å². The summed E-state index contributed by atoms with van der Waals surface area (Å²) in [6.45, 7) is 2.31. The van der Waals surface area contributed by atoms with Crippen LogP contribution in [0.25, 0.3) is 0 Å². The molecule has 0 radical (unpaired) electrons. The minimum atomic E-state index is -2.69. The highest BCUT2D eigenvalue weighted by Crippen LogP contribution is 2.32. The van der Waals surface area contributed by atoms with Gasteiger partial charge in [-0.2, -0.15) is 0 Å². The number of halogens is 2. The van der Waals surface area contributed by atoms with Crippen LogP contribution in [-0.2, 0) is 0 Å². The van der Waals surface area contributed by atoms with Gasteiger partial charge in [-0.05, 0) is 18.6 Å². The highest BCUT2D eigenvalue weighted by atomic mass is 19.3. The number of aryl methyl sites for hydroxylation is 1. The highest BCUT2D eigenvalue weighted by Gasteiger charge is 2.44. The summed E-state index contributed by atoms with van der Waals surface area (Å²) in [6.07, 6.45) is 0.725. The third kappa shape index (κ3) is 1.87. The number of nitrogens with zero attached hydrogens (tertiary/aromatic N) is 2. The molecule has 88 valence electrons. The lowest BCUT2D eigenvalue weighted by Gasteiger charge is -2.24. The van der Waals surface area contributed by atoms with Crippen molar-refractivity contribution in [2.24, 2.45) is 0 Å². The summed E-state index contributed by atoms with van der Waals surface area (Å²) >= 11 is 0. The Labute approximate surface area is 92.7 Å². The van der Waals surface area contributed by atoms with Crippen molar-refractivity contribution in [3.63, 3.8) is 0 Å². The molecule has 1 N–H and O–H groups in total. The van der Waals surface area contributed by atoms with Gasteiger partial charge < -0.3 is 10.0 Å². The molecular formula is C11H14F2N2O. The fraction of sp³-hybridized carbons (Fsp3) is 0.545. The van der Waals surface area contributed by atoms with Crippen molar-refractivity contribution in [2.75, 3.05) is 18.0 Å². The largest absolute Gasteiger partial charge is 0.382 e. The molecule has 0 aromatic carbocycles. The summed E-state index contributed by atoms with van der Waals surface area (Å²) in [5.41, 5.74) is -0.0667. The van der Waals surface area contributed by atoms with Crippen molar-refractivity contribution < 1.29 is 13.9 Å². The third-order valence-corrected chi connectivity index (χ3v) is 3.02. The maximum atomic E-state index is 12.6.